The first kappa shape index (κ1) is 17.2. The summed E-state index contributed by atoms with van der Waals surface area (Å²) in [5.74, 6) is -1.22. The van der Waals surface area contributed by atoms with E-state index in [0.717, 1.165) is 0 Å². The molecule has 0 bridgehead atoms. The number of hydrogen-bond acceptors (Lipinski definition) is 3. The number of amides is 2. The van der Waals surface area contributed by atoms with E-state index in [1.54, 1.807) is 24.3 Å². The quantitative estimate of drug-likeness (QED) is 0.905. The van der Waals surface area contributed by atoms with E-state index in [1.807, 2.05) is 0 Å². The van der Waals surface area contributed by atoms with Crippen LogP contribution in [0, 0.1) is 11.7 Å². The Labute approximate surface area is 149 Å². The van der Waals surface area contributed by atoms with Gasteiger partial charge in [-0.3, -0.25) is 9.59 Å². The molecule has 7 heteroatoms. The van der Waals surface area contributed by atoms with Crippen LogP contribution in [0.25, 0.3) is 0 Å². The number of methoxy groups -OCH3 is 1. The Kier molecular flexibility index (Phi) is 4.90. The first-order chi connectivity index (χ1) is 12.0. The van der Waals surface area contributed by atoms with Crippen molar-refractivity contribution in [1.82, 2.24) is 0 Å². The molecule has 0 spiro atoms. The van der Waals surface area contributed by atoms with Gasteiger partial charge < -0.3 is 15.0 Å². The summed E-state index contributed by atoms with van der Waals surface area (Å²) < 4.78 is 19.0. The van der Waals surface area contributed by atoms with Crippen LogP contribution in [0.15, 0.2) is 42.5 Å². The largest absolute Gasteiger partial charge is 0.495 e. The molecule has 2 aromatic carbocycles. The molecule has 3 rings (SSSR count). The van der Waals surface area contributed by atoms with Gasteiger partial charge in [0.1, 0.15) is 11.6 Å². The molecule has 1 N–H and O–H groups in total. The summed E-state index contributed by atoms with van der Waals surface area (Å²) in [6, 6.07) is 11.0. The van der Waals surface area contributed by atoms with Gasteiger partial charge in [0.2, 0.25) is 11.8 Å². The monoisotopic (exact) mass is 362 g/mol. The molecular formula is C18H16ClFN2O3. The number of para-hydroxylation sites is 2. The summed E-state index contributed by atoms with van der Waals surface area (Å²) in [4.78, 5) is 26.3. The zero-order valence-corrected chi connectivity index (χ0v) is 14.2. The van der Waals surface area contributed by atoms with Crippen LogP contribution in [0.4, 0.5) is 15.8 Å². The average Bonchev–Trinajstić information content (AvgIpc) is 3.00. The molecule has 2 amide bonds. The lowest BCUT2D eigenvalue weighted by Gasteiger charge is -2.19. The number of anilines is 2. The minimum absolute atomic E-state index is 0.000639. The zero-order valence-electron chi connectivity index (χ0n) is 13.5. The van der Waals surface area contributed by atoms with Crippen LogP contribution >= 0.6 is 11.6 Å². The van der Waals surface area contributed by atoms with Gasteiger partial charge in [-0.2, -0.15) is 0 Å². The molecule has 1 atom stereocenters. The number of nitrogens with zero attached hydrogens (tertiary/aromatic N) is 1. The standard InChI is InChI=1S/C18H16ClFN2O3/c1-25-16-5-3-2-4-15(16)22-10-11(8-17(22)23)18(24)21-14-9-12(19)6-7-13(14)20/h2-7,9,11H,8,10H2,1H3,(H,21,24). The van der Waals surface area contributed by atoms with Gasteiger partial charge in [-0.05, 0) is 30.3 Å². The first-order valence-corrected chi connectivity index (χ1v) is 8.06. The summed E-state index contributed by atoms with van der Waals surface area (Å²) in [5.41, 5.74) is 0.611. The minimum Gasteiger partial charge on any atom is -0.495 e. The number of benzene rings is 2. The van der Waals surface area contributed by atoms with E-state index < -0.39 is 17.6 Å². The Balaban J connectivity index is 1.76. The van der Waals surface area contributed by atoms with E-state index in [2.05, 4.69) is 5.32 Å². The molecule has 2 aromatic rings. The van der Waals surface area contributed by atoms with Gasteiger partial charge in [-0.25, -0.2) is 4.39 Å². The molecule has 1 fully saturated rings. The summed E-state index contributed by atoms with van der Waals surface area (Å²) in [6.45, 7) is 0.202. The Bertz CT molecular complexity index is 828. The second kappa shape index (κ2) is 7.11. The van der Waals surface area contributed by atoms with Crippen molar-refractivity contribution in [3.05, 3.63) is 53.3 Å². The lowest BCUT2D eigenvalue weighted by atomic mass is 10.1. The van der Waals surface area contributed by atoms with Gasteiger partial charge in [-0.1, -0.05) is 23.7 Å². The van der Waals surface area contributed by atoms with Crippen molar-refractivity contribution >= 4 is 34.8 Å². The Morgan fingerprint density at radius 3 is 2.84 bits per heavy atom. The first-order valence-electron chi connectivity index (χ1n) is 7.69. The second-order valence-corrected chi connectivity index (χ2v) is 6.13. The summed E-state index contributed by atoms with van der Waals surface area (Å²) in [7, 11) is 1.52. The maximum atomic E-state index is 13.8. The van der Waals surface area contributed by atoms with Gasteiger partial charge in [0.25, 0.3) is 0 Å². The number of carbonyl (C=O) groups excluding carboxylic acids is 2. The van der Waals surface area contributed by atoms with Gasteiger partial charge in [0.05, 0.1) is 24.4 Å². The van der Waals surface area contributed by atoms with Crippen LogP contribution in [0.2, 0.25) is 5.02 Å². The van der Waals surface area contributed by atoms with Crippen molar-refractivity contribution in [2.45, 2.75) is 6.42 Å². The predicted molar refractivity (Wildman–Crippen MR) is 93.5 cm³/mol. The van der Waals surface area contributed by atoms with Crippen LogP contribution in [0.3, 0.4) is 0 Å². The molecule has 0 aromatic heterocycles. The zero-order chi connectivity index (χ0) is 18.0. The third-order valence-corrected chi connectivity index (χ3v) is 4.29. The van der Waals surface area contributed by atoms with Crippen molar-refractivity contribution in [3.63, 3.8) is 0 Å². The molecule has 1 aliphatic rings. The van der Waals surface area contributed by atoms with Crippen LogP contribution in [-0.4, -0.2) is 25.5 Å². The molecule has 1 saturated heterocycles. The summed E-state index contributed by atoms with van der Waals surface area (Å²) >= 11 is 5.83. The van der Waals surface area contributed by atoms with Gasteiger partial charge >= 0.3 is 0 Å². The maximum Gasteiger partial charge on any atom is 0.229 e. The average molecular weight is 363 g/mol. The topological polar surface area (TPSA) is 58.6 Å². The van der Waals surface area contributed by atoms with Crippen molar-refractivity contribution < 1.29 is 18.7 Å². The van der Waals surface area contributed by atoms with Crippen LogP contribution in [0.5, 0.6) is 5.75 Å². The third-order valence-electron chi connectivity index (χ3n) is 4.06. The fraction of sp³-hybridized carbons (Fsp3) is 0.222. The highest BCUT2D eigenvalue weighted by molar-refractivity contribution is 6.30. The molecule has 25 heavy (non-hydrogen) atoms. The third kappa shape index (κ3) is 3.58. The highest BCUT2D eigenvalue weighted by atomic mass is 35.5. The van der Waals surface area contributed by atoms with Crippen molar-refractivity contribution in [3.8, 4) is 5.75 Å². The summed E-state index contributed by atoms with van der Waals surface area (Å²) in [6.07, 6.45) is 0.0477. The molecule has 5 nitrogen and oxygen atoms in total. The predicted octanol–water partition coefficient (Wildman–Crippen LogP) is 3.48. The highest BCUT2D eigenvalue weighted by Crippen LogP contribution is 2.33. The molecular weight excluding hydrogens is 347 g/mol. The van der Waals surface area contributed by atoms with Crippen LogP contribution in [0.1, 0.15) is 6.42 Å². The smallest absolute Gasteiger partial charge is 0.229 e. The van der Waals surface area contributed by atoms with Gasteiger partial charge in [-0.15, -0.1) is 0 Å². The van der Waals surface area contributed by atoms with E-state index in [-0.39, 0.29) is 24.6 Å². The number of rotatable bonds is 4. The molecule has 1 unspecified atom stereocenters. The van der Waals surface area contributed by atoms with Crippen molar-refractivity contribution in [2.24, 2.45) is 5.92 Å². The second-order valence-electron chi connectivity index (χ2n) is 5.69. The fourth-order valence-corrected chi connectivity index (χ4v) is 2.97. The summed E-state index contributed by atoms with van der Waals surface area (Å²) in [5, 5.41) is 2.82. The van der Waals surface area contributed by atoms with Gasteiger partial charge in [0.15, 0.2) is 0 Å². The lowest BCUT2D eigenvalue weighted by Crippen LogP contribution is -2.28. The van der Waals surface area contributed by atoms with E-state index in [1.165, 1.54) is 30.2 Å². The van der Waals surface area contributed by atoms with E-state index in [0.29, 0.717) is 16.5 Å². The number of nitrogens with one attached hydrogen (secondary N) is 1. The molecule has 0 saturated carbocycles. The minimum atomic E-state index is -0.587. The Morgan fingerprint density at radius 2 is 2.08 bits per heavy atom. The number of hydrogen-bond donors (Lipinski definition) is 1. The number of ether oxygens (including phenoxy) is 1. The molecule has 1 aliphatic heterocycles. The van der Waals surface area contributed by atoms with Crippen LogP contribution in [-0.2, 0) is 9.59 Å². The number of carbonyl (C=O) groups is 2. The van der Waals surface area contributed by atoms with Crippen LogP contribution < -0.4 is 15.0 Å². The molecule has 1 heterocycles. The maximum absolute atomic E-state index is 13.8. The Morgan fingerprint density at radius 1 is 1.32 bits per heavy atom. The van der Waals surface area contributed by atoms with E-state index in [9.17, 15) is 14.0 Å². The molecule has 130 valence electrons. The fourth-order valence-electron chi connectivity index (χ4n) is 2.80. The number of halogens is 2. The van der Waals surface area contributed by atoms with E-state index >= 15 is 0 Å². The lowest BCUT2D eigenvalue weighted by molar-refractivity contribution is -0.122. The molecule has 0 aliphatic carbocycles. The van der Waals surface area contributed by atoms with E-state index in [4.69, 9.17) is 16.3 Å². The normalized spacial score (nSPS) is 16.8. The van der Waals surface area contributed by atoms with Gasteiger partial charge in [0, 0.05) is 18.0 Å². The SMILES string of the molecule is COc1ccccc1N1CC(C(=O)Nc2cc(Cl)ccc2F)CC1=O. The van der Waals surface area contributed by atoms with Crippen molar-refractivity contribution in [1.29, 1.82) is 0 Å². The van der Waals surface area contributed by atoms with Crippen molar-refractivity contribution in [2.75, 3.05) is 23.9 Å². The molecule has 0 radical (unpaired) electrons. The highest BCUT2D eigenvalue weighted by Gasteiger charge is 2.36. The Hall–Kier alpha value is -2.60.